The molecule has 3 N–H and O–H groups in total. The molecule has 0 saturated carbocycles. The van der Waals surface area contributed by atoms with Gasteiger partial charge in [-0.3, -0.25) is 9.78 Å². The molecular formula is C26H24Cl2N4O4S. The number of hydrogen-bond acceptors (Lipinski definition) is 6. The predicted molar refractivity (Wildman–Crippen MR) is 145 cm³/mol. The molecule has 2 aromatic carbocycles. The average Bonchev–Trinajstić information content (AvgIpc) is 3.38. The molecule has 0 radical (unpaired) electrons. The van der Waals surface area contributed by atoms with Crippen molar-refractivity contribution in [2.75, 3.05) is 17.7 Å². The lowest BCUT2D eigenvalue weighted by Gasteiger charge is -2.18. The van der Waals surface area contributed by atoms with Crippen molar-refractivity contribution in [2.24, 2.45) is 5.73 Å². The number of rotatable bonds is 5. The first-order valence-corrected chi connectivity index (χ1v) is 14.1. The standard InChI is InChI=1S/C26H24Cl2N4O4S/c1-14-19(11-29)24(18-5-3-16(27)10-20(18)28)25-21(30-14)12-31(26(25)34)13-23(33)32-8-7-15-9-17(37(2,35)36)4-6-22(15)32/h3-6,9-10,12,34H,7-8,11,13,29H2,1-2H3. The molecule has 1 amide bonds. The maximum Gasteiger partial charge on any atom is 0.247 e. The van der Waals surface area contributed by atoms with Crippen molar-refractivity contribution >= 4 is 55.5 Å². The molecular weight excluding hydrogens is 535 g/mol. The van der Waals surface area contributed by atoms with E-state index in [0.29, 0.717) is 56.4 Å². The van der Waals surface area contributed by atoms with Crippen LogP contribution in [0.1, 0.15) is 16.8 Å². The van der Waals surface area contributed by atoms with Crippen molar-refractivity contribution in [1.29, 1.82) is 0 Å². The van der Waals surface area contributed by atoms with Crippen LogP contribution in [-0.4, -0.2) is 41.8 Å². The second-order valence-corrected chi connectivity index (χ2v) is 11.9. The summed E-state index contributed by atoms with van der Waals surface area (Å²) >= 11 is 12.6. The van der Waals surface area contributed by atoms with Crippen molar-refractivity contribution in [3.63, 3.8) is 0 Å². The zero-order valence-electron chi connectivity index (χ0n) is 20.1. The van der Waals surface area contributed by atoms with Gasteiger partial charge in [0.25, 0.3) is 0 Å². The lowest BCUT2D eigenvalue weighted by Crippen LogP contribution is -2.32. The summed E-state index contributed by atoms with van der Waals surface area (Å²) in [5, 5.41) is 12.6. The number of nitrogens with zero attached hydrogens (tertiary/aromatic N) is 3. The van der Waals surface area contributed by atoms with E-state index in [0.717, 1.165) is 17.4 Å². The minimum Gasteiger partial charge on any atom is -0.494 e. The number of pyridine rings is 1. The molecule has 0 atom stereocenters. The third-order valence-electron chi connectivity index (χ3n) is 6.69. The van der Waals surface area contributed by atoms with Gasteiger partial charge in [-0.15, -0.1) is 0 Å². The van der Waals surface area contributed by atoms with Gasteiger partial charge in [-0.1, -0.05) is 29.3 Å². The predicted octanol–water partition coefficient (Wildman–Crippen LogP) is 4.48. The Bertz CT molecular complexity index is 1700. The van der Waals surface area contributed by atoms with Gasteiger partial charge < -0.3 is 20.3 Å². The number of carbonyl (C=O) groups is 1. The minimum atomic E-state index is -3.35. The minimum absolute atomic E-state index is 0.126. The largest absolute Gasteiger partial charge is 0.494 e. The lowest BCUT2D eigenvalue weighted by molar-refractivity contribution is -0.119. The summed E-state index contributed by atoms with van der Waals surface area (Å²) in [5.41, 5.74) is 10.7. The third-order valence-corrected chi connectivity index (χ3v) is 8.35. The second kappa shape index (κ2) is 9.33. The van der Waals surface area contributed by atoms with E-state index < -0.39 is 9.84 Å². The number of carbonyl (C=O) groups excluding carboxylic acids is 1. The van der Waals surface area contributed by atoms with Crippen LogP contribution in [0, 0.1) is 6.92 Å². The maximum atomic E-state index is 13.3. The first-order valence-electron chi connectivity index (χ1n) is 11.5. The van der Waals surface area contributed by atoms with Gasteiger partial charge in [-0.2, -0.15) is 0 Å². The summed E-state index contributed by atoms with van der Waals surface area (Å²) in [5.74, 6) is -0.373. The van der Waals surface area contributed by atoms with Gasteiger partial charge in [0.15, 0.2) is 9.84 Å². The number of sulfone groups is 1. The number of hydrogen-bond donors (Lipinski definition) is 2. The lowest BCUT2D eigenvalue weighted by atomic mass is 9.95. The molecule has 0 saturated heterocycles. The summed E-state index contributed by atoms with van der Waals surface area (Å²) in [6.45, 7) is 2.29. The number of aromatic hydroxyl groups is 1. The molecule has 5 rings (SSSR count). The Morgan fingerprint density at radius 1 is 1.19 bits per heavy atom. The van der Waals surface area contributed by atoms with E-state index >= 15 is 0 Å². The van der Waals surface area contributed by atoms with Gasteiger partial charge >= 0.3 is 0 Å². The smallest absolute Gasteiger partial charge is 0.247 e. The normalized spacial score (nSPS) is 13.4. The first kappa shape index (κ1) is 25.5. The Kier molecular flexibility index (Phi) is 6.44. The molecule has 0 spiro atoms. The number of nitrogens with two attached hydrogens (primary N) is 1. The van der Waals surface area contributed by atoms with Gasteiger partial charge in [0, 0.05) is 58.1 Å². The first-order chi connectivity index (χ1) is 17.5. The summed E-state index contributed by atoms with van der Waals surface area (Å²) in [4.78, 5) is 19.8. The fraction of sp³-hybridized carbons (Fsp3) is 0.231. The fourth-order valence-corrected chi connectivity index (χ4v) is 6.07. The Morgan fingerprint density at radius 2 is 1.95 bits per heavy atom. The summed E-state index contributed by atoms with van der Waals surface area (Å²) in [6.07, 6.45) is 3.33. The summed E-state index contributed by atoms with van der Waals surface area (Å²) in [7, 11) is -3.35. The van der Waals surface area contributed by atoms with E-state index in [4.69, 9.17) is 28.9 Å². The molecule has 0 bridgehead atoms. The molecule has 8 nitrogen and oxygen atoms in total. The van der Waals surface area contributed by atoms with Crippen molar-refractivity contribution < 1.29 is 18.3 Å². The molecule has 37 heavy (non-hydrogen) atoms. The highest BCUT2D eigenvalue weighted by Crippen LogP contribution is 2.42. The van der Waals surface area contributed by atoms with Gasteiger partial charge in [-0.25, -0.2) is 8.42 Å². The second-order valence-electron chi connectivity index (χ2n) is 9.08. The third kappa shape index (κ3) is 4.46. The van der Waals surface area contributed by atoms with E-state index in [1.807, 2.05) is 6.92 Å². The highest BCUT2D eigenvalue weighted by Gasteiger charge is 2.28. The van der Waals surface area contributed by atoms with E-state index in [2.05, 4.69) is 4.98 Å². The number of amides is 1. The fourth-order valence-electron chi connectivity index (χ4n) is 4.89. The number of halogens is 2. The molecule has 0 aliphatic carbocycles. The average molecular weight is 559 g/mol. The van der Waals surface area contributed by atoms with Gasteiger partial charge in [0.2, 0.25) is 11.8 Å². The van der Waals surface area contributed by atoms with Crippen LogP contribution in [0.2, 0.25) is 10.0 Å². The number of fused-ring (bicyclic) bond motifs is 2. The van der Waals surface area contributed by atoms with E-state index in [1.54, 1.807) is 41.4 Å². The van der Waals surface area contributed by atoms with E-state index in [1.165, 1.54) is 10.6 Å². The quantitative estimate of drug-likeness (QED) is 0.373. The summed E-state index contributed by atoms with van der Waals surface area (Å²) in [6, 6.07) is 9.88. The molecule has 3 heterocycles. The number of benzene rings is 2. The number of anilines is 1. The Labute approximate surface area is 224 Å². The highest BCUT2D eigenvalue weighted by atomic mass is 35.5. The van der Waals surface area contributed by atoms with Crippen LogP contribution >= 0.6 is 23.2 Å². The van der Waals surface area contributed by atoms with Gasteiger partial charge in [0.1, 0.15) is 6.54 Å². The van der Waals surface area contributed by atoms with Crippen LogP contribution in [-0.2, 0) is 34.1 Å². The molecule has 11 heteroatoms. The van der Waals surface area contributed by atoms with E-state index in [-0.39, 0.29) is 29.8 Å². The van der Waals surface area contributed by atoms with Gasteiger partial charge in [0.05, 0.1) is 15.8 Å². The Hall–Kier alpha value is -3.11. The van der Waals surface area contributed by atoms with Crippen LogP contribution in [0.15, 0.2) is 47.5 Å². The Morgan fingerprint density at radius 3 is 2.62 bits per heavy atom. The van der Waals surface area contributed by atoms with Crippen LogP contribution in [0.5, 0.6) is 5.88 Å². The summed E-state index contributed by atoms with van der Waals surface area (Å²) < 4.78 is 25.3. The Balaban J connectivity index is 1.56. The molecule has 0 unspecified atom stereocenters. The van der Waals surface area contributed by atoms with Crippen molar-refractivity contribution in [1.82, 2.24) is 9.55 Å². The number of aryl methyl sites for hydroxylation is 1. The topological polar surface area (TPSA) is 119 Å². The SMILES string of the molecule is Cc1nc2cn(CC(=O)N3CCc4cc(S(C)(=O)=O)ccc43)c(O)c2c(-c2ccc(Cl)cc2Cl)c1CN. The maximum absolute atomic E-state index is 13.3. The molecule has 0 fully saturated rings. The van der Waals surface area contributed by atoms with E-state index in [9.17, 15) is 18.3 Å². The van der Waals surface area contributed by atoms with Crippen molar-refractivity contribution in [3.8, 4) is 17.0 Å². The monoisotopic (exact) mass is 558 g/mol. The van der Waals surface area contributed by atoms with Crippen molar-refractivity contribution in [3.05, 3.63) is 69.5 Å². The molecule has 4 aromatic rings. The van der Waals surface area contributed by atoms with Crippen LogP contribution in [0.25, 0.3) is 22.0 Å². The molecule has 1 aliphatic heterocycles. The van der Waals surface area contributed by atoms with Crippen LogP contribution in [0.3, 0.4) is 0 Å². The van der Waals surface area contributed by atoms with Gasteiger partial charge in [-0.05, 0) is 54.8 Å². The molecule has 192 valence electrons. The zero-order valence-corrected chi connectivity index (χ0v) is 22.5. The van der Waals surface area contributed by atoms with Crippen molar-refractivity contribution in [2.45, 2.75) is 31.3 Å². The van der Waals surface area contributed by atoms with Crippen LogP contribution < -0.4 is 10.6 Å². The molecule has 2 aromatic heterocycles. The number of aromatic nitrogens is 2. The zero-order chi connectivity index (χ0) is 26.6. The molecule has 1 aliphatic rings. The van der Waals surface area contributed by atoms with Crippen LogP contribution in [0.4, 0.5) is 5.69 Å². The highest BCUT2D eigenvalue weighted by molar-refractivity contribution is 7.90.